The molecule has 2 N–H and O–H groups in total. The first-order valence-electron chi connectivity index (χ1n) is 5.55. The molecule has 0 aliphatic carbocycles. The van der Waals surface area contributed by atoms with Crippen molar-refractivity contribution in [2.24, 2.45) is 5.73 Å². The van der Waals surface area contributed by atoms with Crippen LogP contribution in [0.5, 0.6) is 0 Å². The van der Waals surface area contributed by atoms with Crippen molar-refractivity contribution >= 4 is 43.0 Å². The van der Waals surface area contributed by atoms with E-state index in [-0.39, 0.29) is 9.51 Å². The van der Waals surface area contributed by atoms with Crippen LogP contribution in [-0.4, -0.2) is 46.7 Å². The molecule has 0 aromatic carbocycles. The zero-order valence-electron chi connectivity index (χ0n) is 9.72. The van der Waals surface area contributed by atoms with E-state index in [1.165, 1.54) is 16.9 Å². The van der Waals surface area contributed by atoms with Crippen LogP contribution in [0.25, 0.3) is 0 Å². The Morgan fingerprint density at radius 2 is 2.50 bits per heavy atom. The molecule has 6 heteroatoms. The van der Waals surface area contributed by atoms with Crippen molar-refractivity contribution in [2.75, 3.05) is 6.54 Å². The van der Waals surface area contributed by atoms with Crippen LogP contribution in [0.1, 0.15) is 15.3 Å². The van der Waals surface area contributed by atoms with Gasteiger partial charge in [-0.25, -0.2) is 0 Å². The van der Waals surface area contributed by atoms with Crippen LogP contribution in [0.3, 0.4) is 0 Å². The Kier molecular flexibility index (Phi) is 4.53. The van der Waals surface area contributed by atoms with E-state index in [0.717, 1.165) is 41.9 Å². The molecule has 1 aliphatic heterocycles. The Morgan fingerprint density at radius 1 is 1.72 bits per heavy atom. The number of hydrogen-bond donors (Lipinski definition) is 1. The molecular weight excluding hydrogens is 441 g/mol. The van der Waals surface area contributed by atoms with Crippen molar-refractivity contribution in [1.82, 2.24) is 4.90 Å². The molecule has 1 aromatic rings. The topological polar surface area (TPSA) is 70.1 Å². The summed E-state index contributed by atoms with van der Waals surface area (Å²) >= 11 is 2.33. The summed E-state index contributed by atoms with van der Waals surface area (Å²) in [5, 5.41) is 8.87. The summed E-state index contributed by atoms with van der Waals surface area (Å²) in [5.74, 6) is 0.0128. The van der Waals surface area contributed by atoms with Crippen LogP contribution in [0.4, 0.5) is 0 Å². The number of carbonyl (C=O) groups excluding carboxylic acids is 1. The van der Waals surface area contributed by atoms with Crippen LogP contribution in [0, 0.1) is 11.3 Å². The number of nitrogens with two attached hydrogens (primary N) is 1. The van der Waals surface area contributed by atoms with Gasteiger partial charge in [0.25, 0.3) is 0 Å². The van der Waals surface area contributed by atoms with E-state index in [1.807, 2.05) is 6.07 Å². The molecule has 0 saturated heterocycles. The third-order valence-electron chi connectivity index (χ3n) is 2.75. The minimum atomic E-state index is 0.0128. The van der Waals surface area contributed by atoms with Gasteiger partial charge in [0.2, 0.25) is 0 Å². The van der Waals surface area contributed by atoms with Gasteiger partial charge in [0.1, 0.15) is 0 Å². The SMILES string of the molecule is N#Cc1cc2c(s1)CN(C(=O)/C=C/[CH](N)[Pb])CC2. The molecule has 1 unspecified atom stereocenters. The number of nitrogens with zero attached hydrogens (tertiary/aromatic N) is 2. The summed E-state index contributed by atoms with van der Waals surface area (Å²) in [6, 6.07) is 4.09. The molecular formula is C12H12N3OPbS. The number of rotatable bonds is 2. The molecule has 91 valence electrons. The first kappa shape index (κ1) is 13.7. The van der Waals surface area contributed by atoms with Gasteiger partial charge in [-0.05, 0) is 0 Å². The number of amides is 1. The fourth-order valence-corrected chi connectivity index (χ4v) is 3.25. The third-order valence-corrected chi connectivity index (χ3v) is 4.57. The Labute approximate surface area is 126 Å². The molecule has 0 spiro atoms. The van der Waals surface area contributed by atoms with Crippen LogP contribution < -0.4 is 5.73 Å². The normalized spacial score (nSPS) is 16.4. The number of hydrogen-bond acceptors (Lipinski definition) is 4. The van der Waals surface area contributed by atoms with Crippen LogP contribution in [-0.2, 0) is 17.8 Å². The van der Waals surface area contributed by atoms with Gasteiger partial charge in [-0.3, -0.25) is 0 Å². The van der Waals surface area contributed by atoms with Crippen molar-refractivity contribution in [3.63, 3.8) is 0 Å². The molecule has 1 aromatic heterocycles. The summed E-state index contributed by atoms with van der Waals surface area (Å²) in [5.41, 5.74) is 6.85. The summed E-state index contributed by atoms with van der Waals surface area (Å²) < 4.78 is 0.0289. The van der Waals surface area contributed by atoms with Crippen LogP contribution in [0.15, 0.2) is 18.2 Å². The van der Waals surface area contributed by atoms with Gasteiger partial charge in [0, 0.05) is 0 Å². The zero-order valence-corrected chi connectivity index (χ0v) is 14.4. The number of carbonyl (C=O) groups is 1. The second kappa shape index (κ2) is 5.95. The van der Waals surface area contributed by atoms with E-state index in [9.17, 15) is 4.79 Å². The van der Waals surface area contributed by atoms with Gasteiger partial charge in [-0.1, -0.05) is 0 Å². The Morgan fingerprint density at radius 3 is 3.17 bits per heavy atom. The van der Waals surface area contributed by atoms with Crippen molar-refractivity contribution in [3.8, 4) is 6.07 Å². The molecule has 1 atom stereocenters. The maximum absolute atomic E-state index is 11.9. The molecule has 2 heterocycles. The molecule has 1 aliphatic rings. The van der Waals surface area contributed by atoms with Crippen LogP contribution in [0.2, 0.25) is 0 Å². The fraction of sp³-hybridized carbons (Fsp3) is 0.333. The zero-order chi connectivity index (χ0) is 13.1. The van der Waals surface area contributed by atoms with E-state index in [4.69, 9.17) is 11.0 Å². The second-order valence-corrected chi connectivity index (χ2v) is 7.79. The van der Waals surface area contributed by atoms with Crippen molar-refractivity contribution in [1.29, 1.82) is 5.26 Å². The third kappa shape index (κ3) is 3.19. The average molecular weight is 454 g/mol. The van der Waals surface area contributed by atoms with Gasteiger partial charge in [0.05, 0.1) is 0 Å². The predicted molar refractivity (Wildman–Crippen MR) is 71.0 cm³/mol. The number of fused-ring (bicyclic) bond motifs is 1. The van der Waals surface area contributed by atoms with Gasteiger partial charge in [0.15, 0.2) is 0 Å². The Balaban J connectivity index is 2.08. The van der Waals surface area contributed by atoms with Gasteiger partial charge >= 0.3 is 126 Å². The maximum atomic E-state index is 11.9. The Hall–Kier alpha value is -0.718. The minimum absolute atomic E-state index is 0.0128. The first-order valence-corrected chi connectivity index (χ1v) is 8.61. The van der Waals surface area contributed by atoms with E-state index in [1.54, 1.807) is 17.1 Å². The molecule has 18 heavy (non-hydrogen) atoms. The Bertz CT molecular complexity index is 530. The fourth-order valence-electron chi connectivity index (χ4n) is 1.85. The molecule has 0 fully saturated rings. The molecule has 3 radical (unpaired) electrons. The molecule has 4 nitrogen and oxygen atoms in total. The average Bonchev–Trinajstić information content (AvgIpc) is 2.77. The molecule has 0 bridgehead atoms. The quantitative estimate of drug-likeness (QED) is 0.524. The second-order valence-electron chi connectivity index (χ2n) is 4.07. The number of thiophene rings is 1. The number of nitriles is 1. The first-order chi connectivity index (χ1) is 8.60. The predicted octanol–water partition coefficient (Wildman–Crippen LogP) is 0.514. The van der Waals surface area contributed by atoms with Gasteiger partial charge in [-0.15, -0.1) is 0 Å². The standard InChI is InChI=1S/C12H12N3OS.Pb/c13-4-1-2-12(16)15-5-3-9-6-10(7-14)17-11(9)8-15;/h1-2,4,6H,3,5,8,13H2;/b2-1+;. The van der Waals surface area contributed by atoms with E-state index < -0.39 is 0 Å². The van der Waals surface area contributed by atoms with Crippen molar-refractivity contribution in [2.45, 2.75) is 16.6 Å². The molecule has 0 saturated carbocycles. The summed E-state index contributed by atoms with van der Waals surface area (Å²) in [6.45, 7) is 1.33. The molecule has 2 rings (SSSR count). The monoisotopic (exact) mass is 454 g/mol. The van der Waals surface area contributed by atoms with E-state index in [0.29, 0.717) is 13.1 Å². The summed E-state index contributed by atoms with van der Waals surface area (Å²) in [6.07, 6.45) is 4.17. The van der Waals surface area contributed by atoms with Crippen LogP contribution >= 0.6 is 11.3 Å². The summed E-state index contributed by atoms with van der Waals surface area (Å²) in [7, 11) is 0. The van der Waals surface area contributed by atoms with E-state index >= 15 is 0 Å². The molecule has 1 amide bonds. The summed E-state index contributed by atoms with van der Waals surface area (Å²) in [4.78, 5) is 15.6. The van der Waals surface area contributed by atoms with Crippen molar-refractivity contribution < 1.29 is 4.79 Å². The van der Waals surface area contributed by atoms with E-state index in [2.05, 4.69) is 6.07 Å². The van der Waals surface area contributed by atoms with Gasteiger partial charge < -0.3 is 0 Å². The van der Waals surface area contributed by atoms with Crippen molar-refractivity contribution in [3.05, 3.63) is 33.5 Å². The van der Waals surface area contributed by atoms with Gasteiger partial charge in [-0.2, -0.15) is 0 Å².